The van der Waals surface area contributed by atoms with Crippen molar-refractivity contribution < 1.29 is 38.5 Å². The van der Waals surface area contributed by atoms with Crippen LogP contribution in [-0.2, 0) is 48.1 Å². The number of aryl methyl sites for hydroxylation is 1. The molecule has 3 amide bonds. The molecule has 68 heavy (non-hydrogen) atoms. The van der Waals surface area contributed by atoms with Gasteiger partial charge in [-0.3, -0.25) is 24.4 Å². The highest BCUT2D eigenvalue weighted by Crippen LogP contribution is 2.42. The van der Waals surface area contributed by atoms with E-state index in [4.69, 9.17) is 19.3 Å². The zero-order chi connectivity index (χ0) is 48.3. The molecule has 17 heteroatoms. The lowest BCUT2D eigenvalue weighted by molar-refractivity contribution is -0.835. The Labute approximate surface area is 398 Å². The molecule has 2 unspecified atom stereocenters. The van der Waals surface area contributed by atoms with Crippen molar-refractivity contribution >= 4 is 40.4 Å². The van der Waals surface area contributed by atoms with Gasteiger partial charge in [0.2, 0.25) is 4.92 Å². The third kappa shape index (κ3) is 10.1. The number of ether oxygens (including phenoxy) is 2. The Morgan fingerprint density at radius 3 is 2.69 bits per heavy atom. The lowest BCUT2D eigenvalue weighted by Gasteiger charge is -2.33. The fraction of sp³-hybridized carbons (Fsp3) is 0.569. The van der Waals surface area contributed by atoms with Gasteiger partial charge in [0.05, 0.1) is 47.0 Å². The molecule has 3 fully saturated rings. The summed E-state index contributed by atoms with van der Waals surface area (Å²) in [6.45, 7) is 12.1. The monoisotopic (exact) mass is 934 g/mol. The van der Waals surface area contributed by atoms with E-state index in [0.29, 0.717) is 63.1 Å². The van der Waals surface area contributed by atoms with E-state index in [9.17, 15) is 24.2 Å². The molecule has 8 rings (SSSR count). The fourth-order valence-electron chi connectivity index (χ4n) is 10.5. The van der Waals surface area contributed by atoms with E-state index >= 15 is 0 Å². The van der Waals surface area contributed by atoms with E-state index in [0.717, 1.165) is 74.4 Å². The number of hydrogen-bond acceptors (Lipinski definition) is 10. The molecule has 6 bridgehead atoms. The summed E-state index contributed by atoms with van der Waals surface area (Å²) < 4.78 is 14.3. The van der Waals surface area contributed by atoms with Gasteiger partial charge in [-0.25, -0.2) is 4.84 Å². The zero-order valence-corrected chi connectivity index (χ0v) is 40.6. The van der Waals surface area contributed by atoms with Crippen LogP contribution in [0.2, 0.25) is 0 Å². The molecule has 6 heterocycles. The van der Waals surface area contributed by atoms with Crippen molar-refractivity contribution in [2.75, 3.05) is 47.0 Å². The van der Waals surface area contributed by atoms with Crippen LogP contribution < -0.4 is 10.7 Å². The van der Waals surface area contributed by atoms with E-state index in [2.05, 4.69) is 78.3 Å². The first-order valence-corrected chi connectivity index (χ1v) is 24.2. The number of likely N-dealkylation sites (tertiary alicyclic amines) is 1. The van der Waals surface area contributed by atoms with Gasteiger partial charge in [-0.1, -0.05) is 50.1 Å². The summed E-state index contributed by atoms with van der Waals surface area (Å²) in [6.07, 6.45) is 5.22. The maximum Gasteiger partial charge on any atom is 0.326 e. The molecule has 5 aliphatic rings. The molecule has 0 saturated carbocycles. The highest BCUT2D eigenvalue weighted by molar-refractivity contribution is 5.95. The number of amides is 3. The van der Waals surface area contributed by atoms with Crippen molar-refractivity contribution in [1.82, 2.24) is 30.2 Å². The second kappa shape index (κ2) is 20.7. The minimum absolute atomic E-state index is 0.108. The van der Waals surface area contributed by atoms with Crippen LogP contribution in [0.25, 0.3) is 27.6 Å². The van der Waals surface area contributed by atoms with E-state index in [1.54, 1.807) is 26.0 Å². The maximum atomic E-state index is 14.8. The van der Waals surface area contributed by atoms with Crippen LogP contribution >= 0.6 is 0 Å². The molecule has 1 aromatic heterocycles. The number of rotatable bonds is 10. The summed E-state index contributed by atoms with van der Waals surface area (Å²) in [6, 6.07) is 11.8. The SMILES string of the molecule is CC#CC(=O)N1CC[C@H]([N+](=O)N(C)C(C(=O)N[C@H]2Cc3cccc(c3)-c3ccc4c(c3)c(c(C3=C([C@H](C)OC)N=CCC3)n4CC)CC(C)(C)CO[N+](=O)[C@@H]3CCCN(N3)C2=O)C2CCCO2)C1. The van der Waals surface area contributed by atoms with Crippen molar-refractivity contribution in [3.8, 4) is 23.0 Å². The number of nitrogens with zero attached hydrogens (tertiary/aromatic N) is 7. The van der Waals surface area contributed by atoms with Gasteiger partial charge in [0.1, 0.15) is 10.9 Å². The number of aliphatic imine (C=N–C) groups is 1. The van der Waals surface area contributed by atoms with E-state index in [1.165, 1.54) is 10.0 Å². The number of hydrogen-bond donors (Lipinski definition) is 2. The van der Waals surface area contributed by atoms with E-state index in [-0.39, 0.29) is 31.6 Å². The first-order valence-electron chi connectivity index (χ1n) is 24.2. The molecule has 0 spiro atoms. The molecule has 3 saturated heterocycles. The number of nitrogens with one attached hydrogen (secondary N) is 2. The van der Waals surface area contributed by atoms with Gasteiger partial charge < -0.3 is 24.3 Å². The third-order valence-electron chi connectivity index (χ3n) is 14.1. The molecule has 0 aliphatic carbocycles. The van der Waals surface area contributed by atoms with Crippen LogP contribution in [0, 0.1) is 27.1 Å². The van der Waals surface area contributed by atoms with Crippen LogP contribution in [0.15, 0.2) is 53.2 Å². The van der Waals surface area contributed by atoms with Crippen LogP contribution in [0.1, 0.15) is 96.4 Å². The van der Waals surface area contributed by atoms with Crippen LogP contribution in [0.4, 0.5) is 0 Å². The molecule has 6 atom stereocenters. The Balaban J connectivity index is 1.18. The number of hydrazine groups is 2. The summed E-state index contributed by atoms with van der Waals surface area (Å²) in [4.78, 5) is 84.0. The average Bonchev–Trinajstić information content (AvgIpc) is 4.13. The Kier molecular flexibility index (Phi) is 14.8. The lowest BCUT2D eigenvalue weighted by Crippen LogP contribution is -2.63. The molecule has 2 N–H and O–H groups in total. The van der Waals surface area contributed by atoms with E-state index in [1.807, 2.05) is 25.3 Å². The molecule has 362 valence electrons. The number of likely N-dealkylation sites (N-methyl/N-ethyl adjacent to an activating group) is 1. The van der Waals surface area contributed by atoms with Crippen molar-refractivity contribution in [2.24, 2.45) is 10.4 Å². The Bertz CT molecular complexity index is 2570. The molecule has 3 aromatic rings. The predicted octanol–water partition coefficient (Wildman–Crippen LogP) is 5.51. The van der Waals surface area contributed by atoms with Gasteiger partial charge in [-0.05, 0) is 99.6 Å². The largest absolute Gasteiger partial charge is 0.375 e. The summed E-state index contributed by atoms with van der Waals surface area (Å²) in [5, 5.41) is 6.92. The lowest BCUT2D eigenvalue weighted by atomic mass is 9.83. The quantitative estimate of drug-likeness (QED) is 0.150. The van der Waals surface area contributed by atoms with Gasteiger partial charge in [0, 0.05) is 80.7 Å². The number of fused-ring (bicyclic) bond motifs is 6. The average molecular weight is 934 g/mol. The number of carbonyl (C=O) groups excluding carboxylic acids is 3. The molecule has 2 aromatic carbocycles. The van der Waals surface area contributed by atoms with Gasteiger partial charge in [-0.15, -0.1) is 5.01 Å². The summed E-state index contributed by atoms with van der Waals surface area (Å²) in [5.41, 5.74) is 10.8. The van der Waals surface area contributed by atoms with Gasteiger partial charge in [0.25, 0.3) is 23.8 Å². The van der Waals surface area contributed by atoms with Gasteiger partial charge >= 0.3 is 6.17 Å². The third-order valence-corrected chi connectivity index (χ3v) is 14.1. The molecule has 0 radical (unpaired) electrons. The number of benzene rings is 2. The first-order chi connectivity index (χ1) is 32.7. The predicted molar refractivity (Wildman–Crippen MR) is 257 cm³/mol. The molecule has 17 nitrogen and oxygen atoms in total. The minimum Gasteiger partial charge on any atom is -0.375 e. The van der Waals surface area contributed by atoms with Crippen molar-refractivity contribution in [3.05, 3.63) is 74.8 Å². The summed E-state index contributed by atoms with van der Waals surface area (Å²) in [5.74, 6) is 3.86. The number of nitroso groups, excluding NO2 is 1. The van der Waals surface area contributed by atoms with Crippen LogP contribution in [0.5, 0.6) is 0 Å². The standard InChI is InChI=1S/C51H66N9O8/c1-8-14-45(61)56-25-22-37(31-56)59(64)55(6)48(43-18-13-26-67-43)49(62)53-41-28-34-15-10-16-35(27-34)36-20-21-42-39(29-36)40(47(57(42)9-2)38-17-11-23-52-46(38)33(3)66-7)30-51(4,5)32-68-60(65)44-19-12-24-58(54-44)50(41)63/h10,15-16,20-21,23,27,29,33,37,41,43-44,48,54H,9,11-13,17-19,22,24-26,28,30-32H2,1-7H3/q+1/p+1/t33-,37-,41-,43?,44+,48?/m0/s1. The van der Waals surface area contributed by atoms with Crippen molar-refractivity contribution in [3.63, 3.8) is 0 Å². The van der Waals surface area contributed by atoms with Crippen LogP contribution in [0.3, 0.4) is 0 Å². The Hall–Kier alpha value is -5.96. The van der Waals surface area contributed by atoms with Gasteiger partial charge in [0.15, 0.2) is 12.6 Å². The second-order valence-corrected chi connectivity index (χ2v) is 19.5. The minimum atomic E-state index is -1.10. The molecular formula is C51H67N9O8+2. The number of methoxy groups -OCH3 is 1. The summed E-state index contributed by atoms with van der Waals surface area (Å²) in [7, 11) is 3.27. The Morgan fingerprint density at radius 2 is 1.94 bits per heavy atom. The zero-order valence-electron chi connectivity index (χ0n) is 40.6. The van der Waals surface area contributed by atoms with Crippen molar-refractivity contribution in [2.45, 2.75) is 135 Å². The number of carbonyl (C=O) groups is 3. The Morgan fingerprint density at radius 1 is 1.13 bits per heavy atom. The maximum absolute atomic E-state index is 14.8. The summed E-state index contributed by atoms with van der Waals surface area (Å²) >= 11 is 0. The topological polar surface area (TPSA) is 170 Å². The molecular weight excluding hydrogens is 867 g/mol. The normalized spacial score (nSPS) is 23.9. The first kappa shape index (κ1) is 48.5. The van der Waals surface area contributed by atoms with Crippen LogP contribution in [-0.4, -0.2) is 137 Å². The fourth-order valence-corrected chi connectivity index (χ4v) is 10.5. The van der Waals surface area contributed by atoms with Crippen molar-refractivity contribution in [1.29, 1.82) is 0 Å². The highest BCUT2D eigenvalue weighted by Gasteiger charge is 2.48. The smallest absolute Gasteiger partial charge is 0.326 e. The number of allylic oxidation sites excluding steroid dienone is 1. The number of aromatic nitrogens is 1. The molecule has 5 aliphatic heterocycles. The second-order valence-electron chi connectivity index (χ2n) is 19.5. The highest BCUT2D eigenvalue weighted by atomic mass is 16.8. The van der Waals surface area contributed by atoms with Gasteiger partial charge in [-0.2, -0.15) is 5.43 Å². The van der Waals surface area contributed by atoms with E-state index < -0.39 is 47.6 Å².